The molecular formula is C80H142I3N31O11. The van der Waals surface area contributed by atoms with Gasteiger partial charge in [-0.1, -0.05) is 27.7 Å². The van der Waals surface area contributed by atoms with Crippen LogP contribution in [0.5, 0.6) is 0 Å². The third-order valence-corrected chi connectivity index (χ3v) is 28.9. The second kappa shape index (κ2) is 51.9. The highest BCUT2D eigenvalue weighted by molar-refractivity contribution is 14.1. The Morgan fingerprint density at radius 2 is 0.600 bits per heavy atom. The van der Waals surface area contributed by atoms with Crippen molar-refractivity contribution in [1.82, 2.24) is 159 Å². The normalized spacial score (nSPS) is 28.9. The van der Waals surface area contributed by atoms with Crippen LogP contribution in [0.2, 0.25) is 0 Å². The number of ketones is 8. The molecule has 1 aromatic rings. The van der Waals surface area contributed by atoms with E-state index in [1.54, 1.807) is 34.7 Å². The fourth-order valence-corrected chi connectivity index (χ4v) is 23.8. The van der Waals surface area contributed by atoms with Crippen molar-refractivity contribution in [2.75, 3.05) is 196 Å². The summed E-state index contributed by atoms with van der Waals surface area (Å²) < 4.78 is 0.454. The molecule has 5 aliphatic heterocycles. The third-order valence-electron chi connectivity index (χ3n) is 25.7. The molecular weight excluding hydrogens is 1950 g/mol. The highest BCUT2D eigenvalue weighted by Crippen LogP contribution is 2.49. The number of hydrazine groups is 12. The van der Waals surface area contributed by atoms with Crippen LogP contribution in [0.15, 0.2) is 0 Å². The number of nitrogens with one attached hydrogen (secondary N) is 23. The van der Waals surface area contributed by atoms with Gasteiger partial charge in [0.1, 0.15) is 68.9 Å². The average Bonchev–Trinajstić information content (AvgIpc) is 0.715. The van der Waals surface area contributed by atoms with Crippen LogP contribution in [0.1, 0.15) is 184 Å². The topological polar surface area (TPSA) is 490 Å². The molecule has 0 bridgehead atoms. The average molecular weight is 2090 g/mol. The van der Waals surface area contributed by atoms with E-state index in [2.05, 4.69) is 197 Å². The van der Waals surface area contributed by atoms with Gasteiger partial charge < -0.3 is 42.1 Å². The lowest BCUT2D eigenvalue weighted by molar-refractivity contribution is -0.269. The number of carbonyl (C=O) groups is 11. The standard InChI is InChI=1S/C80H142I3N31O11/c1-7-56(115)47-60-64(119)15-11-19-77(60)103-99-51-95-91-31-27-87-37-43-109(77)113(110-44-38-88-28-32-92-96-52-100-104-78(110)20-12-16-65(120)61(78)48-57(116)8-2)75(124)68-70(81)69(72(83)73(71(68)82)107(6)74(123)55(5)108-41-35-85-25-23-84-24-26-86-36-42-108)76(125)114(111-45-39-89-29-33-93-97-53-101-105-79(111)21-13-17-66(121)62(79)49-58(117)9-3)112-46-40-90-30-34-94-98-54-102-106-80(112)22-14-18-67(122)63(80)50-59(118)10-4/h55,60-63,84-106H,7-54H2,1-6H3. The number of amides is 3. The van der Waals surface area contributed by atoms with Gasteiger partial charge in [-0.3, -0.25) is 79.3 Å². The molecule has 3 amide bonds. The Kier molecular flexibility index (Phi) is 42.8. The van der Waals surface area contributed by atoms with Gasteiger partial charge in [0.15, 0.2) is 0 Å². The first-order valence-electron chi connectivity index (χ1n) is 45.5. The van der Waals surface area contributed by atoms with Crippen molar-refractivity contribution >= 4 is 137 Å². The zero-order chi connectivity index (χ0) is 89.5. The van der Waals surface area contributed by atoms with Crippen LogP contribution in [0.4, 0.5) is 5.69 Å². The van der Waals surface area contributed by atoms with E-state index < -0.39 is 70.1 Å². The molecule has 5 saturated heterocycles. The molecule has 10 rings (SSSR count). The lowest BCUT2D eigenvalue weighted by atomic mass is 9.74. The first-order valence-corrected chi connectivity index (χ1v) is 48.7. The van der Waals surface area contributed by atoms with Gasteiger partial charge in [0, 0.05) is 245 Å². The first kappa shape index (κ1) is 103. The number of benzene rings is 1. The Bertz CT molecular complexity index is 3400. The molecule has 0 radical (unpaired) electrons. The van der Waals surface area contributed by atoms with E-state index in [-0.39, 0.29) is 281 Å². The van der Waals surface area contributed by atoms with E-state index in [9.17, 15) is 19.2 Å². The van der Waals surface area contributed by atoms with Crippen molar-refractivity contribution in [2.24, 2.45) is 23.7 Å². The summed E-state index contributed by atoms with van der Waals surface area (Å²) in [5.41, 5.74) is 47.1. The van der Waals surface area contributed by atoms with Crippen LogP contribution in [0.3, 0.4) is 0 Å². The molecule has 4 saturated carbocycles. The number of nitrogens with zero attached hydrogens (tertiary/aromatic N) is 8. The fraction of sp³-hybridized carbons (Fsp3) is 0.787. The molecule has 704 valence electrons. The van der Waals surface area contributed by atoms with Gasteiger partial charge in [-0.15, -0.1) is 0 Å². The van der Waals surface area contributed by atoms with Crippen molar-refractivity contribution in [2.45, 2.75) is 192 Å². The minimum Gasteiger partial charge on any atom is -0.314 e. The van der Waals surface area contributed by atoms with Gasteiger partial charge in [0.25, 0.3) is 11.8 Å². The second-order valence-electron chi connectivity index (χ2n) is 33.5. The Hall–Kier alpha value is -3.94. The molecule has 125 heavy (non-hydrogen) atoms. The van der Waals surface area contributed by atoms with E-state index in [0.717, 1.165) is 13.1 Å². The summed E-state index contributed by atoms with van der Waals surface area (Å²) in [6.07, 6.45) is 1.36. The highest BCUT2D eigenvalue weighted by Gasteiger charge is 2.62. The highest BCUT2D eigenvalue weighted by atomic mass is 127. The summed E-state index contributed by atoms with van der Waals surface area (Å²) in [5.74, 6) is -8.59. The maximum atomic E-state index is 19.3. The number of rotatable bonds is 21. The van der Waals surface area contributed by atoms with Gasteiger partial charge in [-0.25, -0.2) is 65.1 Å². The zero-order valence-electron chi connectivity index (χ0n) is 74.0. The lowest BCUT2D eigenvalue weighted by Gasteiger charge is -2.61. The molecule has 1 aromatic carbocycles. The molecule has 4 aliphatic carbocycles. The van der Waals surface area contributed by atoms with Crippen LogP contribution >= 0.6 is 67.8 Å². The van der Waals surface area contributed by atoms with Crippen molar-refractivity contribution in [3.63, 3.8) is 0 Å². The number of hydrogen-bond acceptors (Lipinski definition) is 39. The number of hydrogen-bond donors (Lipinski definition) is 23. The summed E-state index contributed by atoms with van der Waals surface area (Å²) in [6.45, 7) is 17.5. The van der Waals surface area contributed by atoms with Crippen LogP contribution < -0.4 is 129 Å². The van der Waals surface area contributed by atoms with Gasteiger partial charge in [0.05, 0.1) is 80.3 Å². The third kappa shape index (κ3) is 25.9. The summed E-state index contributed by atoms with van der Waals surface area (Å²) in [5, 5.41) is 35.4. The van der Waals surface area contributed by atoms with Crippen LogP contribution in [-0.4, -0.2) is 319 Å². The number of carbonyl (C=O) groups excluding carboxylic acids is 11. The summed E-state index contributed by atoms with van der Waals surface area (Å²) in [4.78, 5) is 181. The minimum absolute atomic E-state index is 0.0510. The van der Waals surface area contributed by atoms with Crippen LogP contribution in [-0.2, 0) is 43.2 Å². The summed E-state index contributed by atoms with van der Waals surface area (Å²) >= 11 is 6.41. The van der Waals surface area contributed by atoms with E-state index >= 15 is 33.6 Å². The first-order chi connectivity index (χ1) is 60.5. The van der Waals surface area contributed by atoms with Crippen molar-refractivity contribution in [3.05, 3.63) is 21.8 Å². The van der Waals surface area contributed by atoms with Crippen molar-refractivity contribution in [3.8, 4) is 0 Å². The summed E-state index contributed by atoms with van der Waals surface area (Å²) in [7, 11) is 1.65. The molecule has 9 fully saturated rings. The predicted molar refractivity (Wildman–Crippen MR) is 497 cm³/mol. The van der Waals surface area contributed by atoms with Crippen molar-refractivity contribution in [1.29, 1.82) is 0 Å². The Balaban J connectivity index is 1.40. The number of Topliss-reactive ketones (excluding diaryl/α,β-unsaturated/α-hetero) is 8. The van der Waals surface area contributed by atoms with E-state index in [1.165, 1.54) is 15.1 Å². The molecule has 42 nitrogen and oxygen atoms in total. The monoisotopic (exact) mass is 2090 g/mol. The van der Waals surface area contributed by atoms with E-state index in [1.807, 2.05) is 27.0 Å². The molecule has 0 aromatic heterocycles. The fourth-order valence-electron chi connectivity index (χ4n) is 19.0. The van der Waals surface area contributed by atoms with Gasteiger partial charge in [-0.2, -0.15) is 30.3 Å². The molecule has 45 heteroatoms. The Morgan fingerprint density at radius 3 is 0.864 bits per heavy atom. The largest absolute Gasteiger partial charge is 0.314 e. The van der Waals surface area contributed by atoms with Gasteiger partial charge in [0.2, 0.25) is 5.91 Å². The molecule has 9 aliphatic rings. The smallest absolute Gasteiger partial charge is 0.285 e. The Labute approximate surface area is 776 Å². The maximum Gasteiger partial charge on any atom is 0.285 e. The van der Waals surface area contributed by atoms with E-state index in [0.29, 0.717) is 91.6 Å². The quantitative estimate of drug-likeness (QED) is 0.0529. The molecule has 23 N–H and O–H groups in total. The minimum atomic E-state index is -1.74. The van der Waals surface area contributed by atoms with Gasteiger partial charge >= 0.3 is 0 Å². The molecule has 9 unspecified atom stereocenters. The molecule has 9 atom stereocenters. The van der Waals surface area contributed by atoms with Crippen LogP contribution in [0, 0.1) is 34.4 Å². The number of halogens is 3. The SMILES string of the molecule is CCC(=O)CC1C(=O)CCCC12NNCNNCCNCCN2N(C(=O)c1c(I)c(C(=O)N(N2CCNCCNNCNNC23CCCC(=O)C3CC(=O)CC)N2CCNCCNNCNNC23CCCC(=O)C3CC(=O)CC)c(I)c(N(C)C(=O)C(C)N2CCNCCNCCNCC2)c1I)N1CCNCCNNCNNC12CCCC(=O)C2CC(=O)CC. The van der Waals surface area contributed by atoms with Gasteiger partial charge in [-0.05, 0) is 126 Å². The van der Waals surface area contributed by atoms with Crippen LogP contribution in [0.25, 0.3) is 0 Å². The maximum absolute atomic E-state index is 19.3. The van der Waals surface area contributed by atoms with Crippen molar-refractivity contribution < 1.29 is 52.7 Å². The number of likely N-dealkylation sites (N-methyl/N-ethyl adjacent to an activating group) is 1. The second-order valence-corrected chi connectivity index (χ2v) is 36.7. The van der Waals surface area contributed by atoms with E-state index in [4.69, 9.17) is 0 Å². The number of anilines is 1. The molecule has 5 heterocycles. The zero-order valence-corrected chi connectivity index (χ0v) is 80.5. The lowest BCUT2D eigenvalue weighted by Crippen LogP contribution is -2.82. The molecule has 4 spiro atoms. The predicted octanol–water partition coefficient (Wildman–Crippen LogP) is -3.58. The Morgan fingerprint density at radius 1 is 0.352 bits per heavy atom. The summed E-state index contributed by atoms with van der Waals surface area (Å²) in [6, 6.07) is -0.856.